The van der Waals surface area contributed by atoms with E-state index >= 15 is 0 Å². The van der Waals surface area contributed by atoms with Crippen LogP contribution in [0.1, 0.15) is 91.0 Å². The van der Waals surface area contributed by atoms with Crippen LogP contribution >= 0.6 is 0 Å². The number of aryl methyl sites for hydroxylation is 2. The van der Waals surface area contributed by atoms with E-state index in [1.54, 1.807) is 22.3 Å². The summed E-state index contributed by atoms with van der Waals surface area (Å²) in [5.74, 6) is 1.74. The highest BCUT2D eigenvalue weighted by Crippen LogP contribution is 2.45. The van der Waals surface area contributed by atoms with Crippen molar-refractivity contribution in [3.05, 3.63) is 33.9 Å². The van der Waals surface area contributed by atoms with Gasteiger partial charge in [-0.2, -0.15) is 0 Å². The first-order valence-electron chi connectivity index (χ1n) is 8.29. The molecule has 0 saturated heterocycles. The van der Waals surface area contributed by atoms with Crippen LogP contribution < -0.4 is 0 Å². The van der Waals surface area contributed by atoms with Crippen molar-refractivity contribution in [2.75, 3.05) is 0 Å². The topological polar surface area (TPSA) is 0 Å². The third kappa shape index (κ3) is 2.35. The molecule has 1 aromatic rings. The average molecular weight is 256 g/mol. The van der Waals surface area contributed by atoms with Crippen molar-refractivity contribution in [3.63, 3.8) is 0 Å². The normalized spacial score (nSPS) is 21.4. The third-order valence-corrected chi connectivity index (χ3v) is 5.67. The Morgan fingerprint density at radius 2 is 1.16 bits per heavy atom. The van der Waals surface area contributed by atoms with E-state index in [1.165, 1.54) is 56.9 Å². The summed E-state index contributed by atoms with van der Waals surface area (Å²) in [6, 6.07) is 2.45. The van der Waals surface area contributed by atoms with Crippen LogP contribution in [0.5, 0.6) is 0 Å². The van der Waals surface area contributed by atoms with Gasteiger partial charge < -0.3 is 0 Å². The summed E-state index contributed by atoms with van der Waals surface area (Å²) in [6.45, 7) is 7.04. The van der Waals surface area contributed by atoms with E-state index in [1.807, 2.05) is 0 Å². The number of hydrogen-bond acceptors (Lipinski definition) is 0. The van der Waals surface area contributed by atoms with Gasteiger partial charge in [0.05, 0.1) is 0 Å². The minimum absolute atomic E-state index is 0.870. The van der Waals surface area contributed by atoms with Gasteiger partial charge in [-0.05, 0) is 86.1 Å². The van der Waals surface area contributed by atoms with Crippen LogP contribution in [0.2, 0.25) is 0 Å². The highest BCUT2D eigenvalue weighted by Gasteiger charge is 2.28. The Bertz CT molecular complexity index is 457. The van der Waals surface area contributed by atoms with Crippen molar-refractivity contribution in [1.82, 2.24) is 0 Å². The molecule has 2 fully saturated rings. The molecule has 0 unspecified atom stereocenters. The Morgan fingerprint density at radius 3 is 1.68 bits per heavy atom. The zero-order chi connectivity index (χ0) is 13.4. The Morgan fingerprint density at radius 1 is 0.684 bits per heavy atom. The van der Waals surface area contributed by atoms with E-state index in [-0.39, 0.29) is 0 Å². The lowest BCUT2D eigenvalue weighted by Gasteiger charge is -2.26. The molecule has 19 heavy (non-hydrogen) atoms. The second kappa shape index (κ2) is 5.31. The quantitative estimate of drug-likeness (QED) is 0.615. The van der Waals surface area contributed by atoms with E-state index in [0.717, 1.165) is 11.8 Å². The van der Waals surface area contributed by atoms with Crippen LogP contribution in [0.4, 0.5) is 0 Å². The molecule has 0 spiro atoms. The molecular formula is C19H28. The van der Waals surface area contributed by atoms with Gasteiger partial charge >= 0.3 is 0 Å². The van der Waals surface area contributed by atoms with Gasteiger partial charge in [-0.15, -0.1) is 0 Å². The SMILES string of the molecule is Cc1cc(C)c(C2CCCC2)c(C2CCCC2)c1C. The smallest absolute Gasteiger partial charge is 0.0156 e. The van der Waals surface area contributed by atoms with Gasteiger partial charge in [-0.25, -0.2) is 0 Å². The summed E-state index contributed by atoms with van der Waals surface area (Å²) >= 11 is 0. The Labute approximate surface area is 118 Å². The second-order valence-electron chi connectivity index (χ2n) is 6.93. The predicted octanol–water partition coefficient (Wildman–Crippen LogP) is 5.93. The van der Waals surface area contributed by atoms with Gasteiger partial charge in [0.2, 0.25) is 0 Å². The summed E-state index contributed by atoms with van der Waals surface area (Å²) < 4.78 is 0. The number of hydrogen-bond donors (Lipinski definition) is 0. The first kappa shape index (κ1) is 13.2. The molecule has 0 atom stereocenters. The van der Waals surface area contributed by atoms with E-state index in [0.29, 0.717) is 0 Å². The molecule has 0 bridgehead atoms. The van der Waals surface area contributed by atoms with Crippen LogP contribution in [0, 0.1) is 20.8 Å². The van der Waals surface area contributed by atoms with Gasteiger partial charge in [0, 0.05) is 0 Å². The van der Waals surface area contributed by atoms with Crippen LogP contribution in [0.3, 0.4) is 0 Å². The van der Waals surface area contributed by atoms with Crippen molar-refractivity contribution in [1.29, 1.82) is 0 Å². The maximum absolute atomic E-state index is 2.45. The summed E-state index contributed by atoms with van der Waals surface area (Å²) in [4.78, 5) is 0. The van der Waals surface area contributed by atoms with Gasteiger partial charge in [-0.3, -0.25) is 0 Å². The molecule has 0 amide bonds. The van der Waals surface area contributed by atoms with E-state index in [9.17, 15) is 0 Å². The number of benzene rings is 1. The maximum atomic E-state index is 2.45. The molecule has 2 aliphatic rings. The first-order chi connectivity index (χ1) is 9.18. The monoisotopic (exact) mass is 256 g/mol. The lowest BCUT2D eigenvalue weighted by atomic mass is 9.79. The molecule has 1 aromatic carbocycles. The van der Waals surface area contributed by atoms with Crippen molar-refractivity contribution < 1.29 is 0 Å². The Balaban J connectivity index is 2.11. The Kier molecular flexibility index (Phi) is 3.69. The summed E-state index contributed by atoms with van der Waals surface area (Å²) in [5, 5.41) is 0. The lowest BCUT2D eigenvalue weighted by Crippen LogP contribution is -2.09. The summed E-state index contributed by atoms with van der Waals surface area (Å²) in [6.07, 6.45) is 11.5. The maximum Gasteiger partial charge on any atom is -0.0156 e. The highest BCUT2D eigenvalue weighted by molar-refractivity contribution is 5.49. The lowest BCUT2D eigenvalue weighted by molar-refractivity contribution is 0.655. The van der Waals surface area contributed by atoms with Gasteiger partial charge in [-0.1, -0.05) is 31.7 Å². The van der Waals surface area contributed by atoms with E-state index < -0.39 is 0 Å². The van der Waals surface area contributed by atoms with Gasteiger partial charge in [0.25, 0.3) is 0 Å². The molecule has 0 aliphatic heterocycles. The van der Waals surface area contributed by atoms with Crippen LogP contribution in [0.15, 0.2) is 6.07 Å². The predicted molar refractivity (Wildman–Crippen MR) is 83.1 cm³/mol. The van der Waals surface area contributed by atoms with Crippen LogP contribution in [-0.2, 0) is 0 Å². The molecule has 0 N–H and O–H groups in total. The Hall–Kier alpha value is -0.780. The fourth-order valence-corrected chi connectivity index (χ4v) is 4.63. The molecular weight excluding hydrogens is 228 g/mol. The molecule has 0 nitrogen and oxygen atoms in total. The third-order valence-electron chi connectivity index (χ3n) is 5.67. The highest BCUT2D eigenvalue weighted by atomic mass is 14.3. The first-order valence-corrected chi connectivity index (χ1v) is 8.29. The molecule has 0 radical (unpaired) electrons. The zero-order valence-electron chi connectivity index (χ0n) is 12.9. The fourth-order valence-electron chi connectivity index (χ4n) is 4.63. The molecule has 2 aliphatic carbocycles. The van der Waals surface area contributed by atoms with Crippen LogP contribution in [-0.4, -0.2) is 0 Å². The van der Waals surface area contributed by atoms with Crippen molar-refractivity contribution in [3.8, 4) is 0 Å². The largest absolute Gasteiger partial charge is 0.0558 e. The zero-order valence-corrected chi connectivity index (χ0v) is 12.9. The molecule has 0 heterocycles. The number of rotatable bonds is 2. The minimum Gasteiger partial charge on any atom is -0.0558 e. The second-order valence-corrected chi connectivity index (χ2v) is 6.93. The molecule has 104 valence electrons. The van der Waals surface area contributed by atoms with Crippen molar-refractivity contribution in [2.45, 2.75) is 84.0 Å². The van der Waals surface area contributed by atoms with Gasteiger partial charge in [0.15, 0.2) is 0 Å². The summed E-state index contributed by atoms with van der Waals surface area (Å²) in [5.41, 5.74) is 8.26. The van der Waals surface area contributed by atoms with Gasteiger partial charge in [0.1, 0.15) is 0 Å². The molecule has 0 aromatic heterocycles. The molecule has 3 rings (SSSR count). The van der Waals surface area contributed by atoms with Crippen molar-refractivity contribution >= 4 is 0 Å². The fraction of sp³-hybridized carbons (Fsp3) is 0.684. The molecule has 2 saturated carbocycles. The molecule has 0 heteroatoms. The standard InChI is InChI=1S/C19H28/c1-13-12-14(2)18(16-8-4-5-9-16)19(15(13)3)17-10-6-7-11-17/h12,16-17H,4-11H2,1-3H3. The average Bonchev–Trinajstić information content (AvgIpc) is 3.05. The van der Waals surface area contributed by atoms with Crippen molar-refractivity contribution in [2.24, 2.45) is 0 Å². The van der Waals surface area contributed by atoms with E-state index in [4.69, 9.17) is 0 Å². The minimum atomic E-state index is 0.870. The summed E-state index contributed by atoms with van der Waals surface area (Å²) in [7, 11) is 0. The van der Waals surface area contributed by atoms with Crippen LogP contribution in [0.25, 0.3) is 0 Å². The van der Waals surface area contributed by atoms with E-state index in [2.05, 4.69) is 26.8 Å².